The van der Waals surface area contributed by atoms with Crippen molar-refractivity contribution in [3.05, 3.63) is 24.3 Å². The van der Waals surface area contributed by atoms with Crippen LogP contribution in [-0.2, 0) is 9.53 Å². The summed E-state index contributed by atoms with van der Waals surface area (Å²) in [5.74, 6) is -2.91. The van der Waals surface area contributed by atoms with Crippen LogP contribution in [0.3, 0.4) is 0 Å². The number of hydrogen-bond acceptors (Lipinski definition) is 4. The summed E-state index contributed by atoms with van der Waals surface area (Å²) < 4.78 is 29.6. The molecule has 0 radical (unpaired) electrons. The number of para-hydroxylation sites is 1. The number of halogens is 2. The summed E-state index contributed by atoms with van der Waals surface area (Å²) >= 11 is 0.443. The molecule has 0 atom stereocenters. The number of rotatable bonds is 6. The lowest BCUT2D eigenvalue weighted by molar-refractivity contribution is -0.145. The van der Waals surface area contributed by atoms with E-state index >= 15 is 0 Å². The zero-order chi connectivity index (χ0) is 13.5. The van der Waals surface area contributed by atoms with Gasteiger partial charge in [-0.2, -0.15) is 8.78 Å². The number of carbonyl (C=O) groups excluding carboxylic acids is 1. The van der Waals surface area contributed by atoms with E-state index < -0.39 is 11.7 Å². The summed E-state index contributed by atoms with van der Waals surface area (Å²) in [7, 11) is 0. The van der Waals surface area contributed by atoms with Crippen molar-refractivity contribution in [3.63, 3.8) is 0 Å². The Labute approximate surface area is 109 Å². The van der Waals surface area contributed by atoms with E-state index in [2.05, 4.69) is 5.32 Å². The summed E-state index contributed by atoms with van der Waals surface area (Å²) in [6.45, 7) is 3.45. The van der Waals surface area contributed by atoms with Crippen molar-refractivity contribution in [1.29, 1.82) is 0 Å². The van der Waals surface area contributed by atoms with Crippen LogP contribution < -0.4 is 5.32 Å². The van der Waals surface area contributed by atoms with Gasteiger partial charge in [-0.05, 0) is 26.0 Å². The molecule has 100 valence electrons. The van der Waals surface area contributed by atoms with E-state index in [9.17, 15) is 13.6 Å². The standard InChI is InChI=1S/C12H15F2NO2S/c1-8(2)17-11(16)7-15-9-5-3-4-6-10(9)18-12(13)14/h3-6,8,12,15H,7H2,1-2H3. The van der Waals surface area contributed by atoms with Gasteiger partial charge < -0.3 is 10.1 Å². The SMILES string of the molecule is CC(C)OC(=O)CNc1ccccc1SC(F)F. The molecular formula is C12H15F2NO2S. The van der Waals surface area contributed by atoms with Crippen LogP contribution in [0.15, 0.2) is 29.2 Å². The van der Waals surface area contributed by atoms with Crippen molar-refractivity contribution in [1.82, 2.24) is 0 Å². The number of thioether (sulfide) groups is 1. The van der Waals surface area contributed by atoms with Crippen LogP contribution in [-0.4, -0.2) is 24.4 Å². The summed E-state index contributed by atoms with van der Waals surface area (Å²) in [5.41, 5.74) is 0.503. The fourth-order valence-electron chi connectivity index (χ4n) is 1.28. The minimum Gasteiger partial charge on any atom is -0.462 e. The minimum atomic E-state index is -2.49. The molecule has 0 bridgehead atoms. The van der Waals surface area contributed by atoms with Crippen molar-refractivity contribution >= 4 is 23.4 Å². The Morgan fingerprint density at radius 2 is 2.06 bits per heavy atom. The molecule has 0 amide bonds. The molecule has 0 aromatic heterocycles. The number of hydrogen-bond donors (Lipinski definition) is 1. The molecule has 0 saturated heterocycles. The summed E-state index contributed by atoms with van der Waals surface area (Å²) in [6, 6.07) is 6.61. The number of benzene rings is 1. The normalized spacial score (nSPS) is 10.8. The summed E-state index contributed by atoms with van der Waals surface area (Å²) in [5, 5.41) is 2.80. The van der Waals surface area contributed by atoms with Crippen molar-refractivity contribution < 1.29 is 18.3 Å². The van der Waals surface area contributed by atoms with Gasteiger partial charge in [0, 0.05) is 10.6 Å². The van der Waals surface area contributed by atoms with Crippen LogP contribution in [0.1, 0.15) is 13.8 Å². The molecule has 0 saturated carbocycles. The van der Waals surface area contributed by atoms with Crippen LogP contribution in [0.2, 0.25) is 0 Å². The van der Waals surface area contributed by atoms with Gasteiger partial charge in [-0.3, -0.25) is 4.79 Å². The van der Waals surface area contributed by atoms with Crippen molar-refractivity contribution in [3.8, 4) is 0 Å². The van der Waals surface area contributed by atoms with Gasteiger partial charge in [0.1, 0.15) is 6.54 Å². The van der Waals surface area contributed by atoms with Crippen molar-refractivity contribution in [2.24, 2.45) is 0 Å². The molecule has 0 unspecified atom stereocenters. The van der Waals surface area contributed by atoms with Crippen LogP contribution >= 0.6 is 11.8 Å². The molecular weight excluding hydrogens is 260 g/mol. The van der Waals surface area contributed by atoms with Crippen molar-refractivity contribution in [2.45, 2.75) is 30.6 Å². The van der Waals surface area contributed by atoms with Gasteiger partial charge in [0.25, 0.3) is 5.76 Å². The predicted molar refractivity (Wildman–Crippen MR) is 68.0 cm³/mol. The van der Waals surface area contributed by atoms with Crippen LogP contribution in [0.5, 0.6) is 0 Å². The third-order valence-electron chi connectivity index (χ3n) is 1.89. The van der Waals surface area contributed by atoms with E-state index in [0.29, 0.717) is 22.3 Å². The fraction of sp³-hybridized carbons (Fsp3) is 0.417. The Hall–Kier alpha value is -1.30. The molecule has 1 aromatic rings. The second kappa shape index (κ2) is 7.20. The second-order valence-corrected chi connectivity index (χ2v) is 4.80. The predicted octanol–water partition coefficient (Wildman–Crippen LogP) is 3.36. The van der Waals surface area contributed by atoms with Gasteiger partial charge in [0.05, 0.1) is 6.10 Å². The fourth-order valence-corrected chi connectivity index (χ4v) is 1.90. The zero-order valence-corrected chi connectivity index (χ0v) is 11.0. The highest BCUT2D eigenvalue weighted by atomic mass is 32.2. The van der Waals surface area contributed by atoms with E-state index in [1.165, 1.54) is 0 Å². The second-order valence-electron chi connectivity index (χ2n) is 3.77. The Kier molecular flexibility index (Phi) is 5.91. The largest absolute Gasteiger partial charge is 0.462 e. The molecule has 0 spiro atoms. The van der Waals surface area contributed by atoms with Crippen molar-refractivity contribution in [2.75, 3.05) is 11.9 Å². The smallest absolute Gasteiger partial charge is 0.325 e. The van der Waals surface area contributed by atoms with Gasteiger partial charge in [0.15, 0.2) is 0 Å². The van der Waals surface area contributed by atoms with E-state index in [-0.39, 0.29) is 12.6 Å². The molecule has 3 nitrogen and oxygen atoms in total. The Morgan fingerprint density at radius 1 is 1.39 bits per heavy atom. The molecule has 0 aliphatic rings. The van der Waals surface area contributed by atoms with Gasteiger partial charge in [-0.15, -0.1) is 0 Å². The lowest BCUT2D eigenvalue weighted by atomic mass is 10.3. The van der Waals surface area contributed by atoms with Crippen LogP contribution in [0, 0.1) is 0 Å². The van der Waals surface area contributed by atoms with Crippen LogP contribution in [0.4, 0.5) is 14.5 Å². The quantitative estimate of drug-likeness (QED) is 0.638. The van der Waals surface area contributed by atoms with E-state index in [1.54, 1.807) is 38.1 Å². The lowest BCUT2D eigenvalue weighted by Gasteiger charge is -2.12. The van der Waals surface area contributed by atoms with Crippen LogP contribution in [0.25, 0.3) is 0 Å². The molecule has 6 heteroatoms. The number of anilines is 1. The summed E-state index contributed by atoms with van der Waals surface area (Å²) in [6.07, 6.45) is -0.190. The van der Waals surface area contributed by atoms with E-state index in [0.717, 1.165) is 0 Å². The molecule has 0 fully saturated rings. The molecule has 1 N–H and O–H groups in total. The maximum atomic E-state index is 12.3. The molecule has 0 aliphatic heterocycles. The molecule has 1 rings (SSSR count). The molecule has 0 aliphatic carbocycles. The highest BCUT2D eigenvalue weighted by Gasteiger charge is 2.11. The first-order valence-electron chi connectivity index (χ1n) is 5.46. The van der Waals surface area contributed by atoms with Gasteiger partial charge in [-0.25, -0.2) is 0 Å². The minimum absolute atomic E-state index is 0.0427. The first-order valence-corrected chi connectivity index (χ1v) is 6.34. The third kappa shape index (κ3) is 5.35. The van der Waals surface area contributed by atoms with Gasteiger partial charge >= 0.3 is 5.97 Å². The monoisotopic (exact) mass is 275 g/mol. The highest BCUT2D eigenvalue weighted by Crippen LogP contribution is 2.31. The molecule has 18 heavy (non-hydrogen) atoms. The lowest BCUT2D eigenvalue weighted by Crippen LogP contribution is -2.20. The van der Waals surface area contributed by atoms with Gasteiger partial charge in [-0.1, -0.05) is 23.9 Å². The maximum Gasteiger partial charge on any atom is 0.325 e. The first-order chi connectivity index (χ1) is 8.49. The number of ether oxygens (including phenoxy) is 1. The number of carbonyl (C=O) groups is 1. The topological polar surface area (TPSA) is 38.3 Å². The summed E-state index contributed by atoms with van der Waals surface area (Å²) in [4.78, 5) is 11.7. The highest BCUT2D eigenvalue weighted by molar-refractivity contribution is 7.99. The Balaban J connectivity index is 2.58. The number of nitrogens with one attached hydrogen (secondary N) is 1. The van der Waals surface area contributed by atoms with Gasteiger partial charge in [0.2, 0.25) is 0 Å². The average molecular weight is 275 g/mol. The Morgan fingerprint density at radius 3 is 2.67 bits per heavy atom. The molecule has 1 aromatic carbocycles. The zero-order valence-electron chi connectivity index (χ0n) is 10.2. The average Bonchev–Trinajstić information content (AvgIpc) is 2.26. The Bertz CT molecular complexity index is 399. The third-order valence-corrected chi connectivity index (χ3v) is 2.68. The first kappa shape index (κ1) is 14.8. The van der Waals surface area contributed by atoms with E-state index in [4.69, 9.17) is 4.74 Å². The maximum absolute atomic E-state index is 12.3. The van der Waals surface area contributed by atoms with E-state index in [1.807, 2.05) is 0 Å². The number of alkyl halides is 2. The molecule has 0 heterocycles. The number of esters is 1.